The van der Waals surface area contributed by atoms with E-state index in [1.165, 1.54) is 52.1 Å². The number of halogens is 1. The lowest BCUT2D eigenvalue weighted by Gasteiger charge is -2.34. The van der Waals surface area contributed by atoms with Gasteiger partial charge in [-0.3, -0.25) is 38.4 Å². The number of benzene rings is 2. The van der Waals surface area contributed by atoms with Crippen molar-refractivity contribution < 1.29 is 72.7 Å². The summed E-state index contributed by atoms with van der Waals surface area (Å²) in [4.78, 5) is 128. The number of aliphatic hydroxyl groups is 3. The highest BCUT2D eigenvalue weighted by atomic mass is 35.5. The molecule has 0 aliphatic carbocycles. The first-order valence-electron chi connectivity index (χ1n) is 24.4. The van der Waals surface area contributed by atoms with Gasteiger partial charge >= 0.3 is 11.9 Å². The number of nitrogens with zero attached hydrogens (tertiary/aromatic N) is 1. The number of amides is 7. The predicted octanol–water partition coefficient (Wildman–Crippen LogP) is -0.156. The van der Waals surface area contributed by atoms with Crippen LogP contribution in [-0.4, -0.2) is 160 Å². The Labute approximate surface area is 435 Å². The molecule has 0 saturated carbocycles. The second-order valence-corrected chi connectivity index (χ2v) is 19.4. The van der Waals surface area contributed by atoms with Gasteiger partial charge in [0.2, 0.25) is 41.4 Å². The van der Waals surface area contributed by atoms with E-state index < -0.39 is 156 Å². The summed E-state index contributed by atoms with van der Waals surface area (Å²) < 4.78 is 17.0. The average Bonchev–Trinajstić information content (AvgIpc) is 3.37. The smallest absolute Gasteiger partial charge is 0.332 e. The van der Waals surface area contributed by atoms with E-state index in [1.54, 1.807) is 58.0 Å². The number of alkyl halides is 1. The number of hydrogen-bond acceptors (Lipinski definition) is 15. The van der Waals surface area contributed by atoms with Crippen LogP contribution >= 0.6 is 11.6 Å². The van der Waals surface area contributed by atoms with Gasteiger partial charge in [-0.2, -0.15) is 0 Å². The zero-order valence-electron chi connectivity index (χ0n) is 43.0. The minimum Gasteiger partial charge on any atom is -0.487 e. The van der Waals surface area contributed by atoms with Crippen molar-refractivity contribution in [1.82, 2.24) is 36.8 Å². The van der Waals surface area contributed by atoms with Crippen LogP contribution in [0.15, 0.2) is 66.7 Å². The first-order valence-corrected chi connectivity index (χ1v) is 24.9. The monoisotopic (exact) mass is 1060 g/mol. The van der Waals surface area contributed by atoms with Gasteiger partial charge in [0.25, 0.3) is 0 Å². The minimum absolute atomic E-state index is 0.133. The number of aliphatic hydroxyl groups excluding tert-OH is 2. The van der Waals surface area contributed by atoms with Crippen molar-refractivity contribution in [2.75, 3.05) is 26.1 Å². The van der Waals surface area contributed by atoms with Crippen LogP contribution in [0.25, 0.3) is 0 Å². The molecule has 0 spiro atoms. The lowest BCUT2D eigenvalue weighted by atomic mass is 9.93. The molecule has 3 aliphatic heterocycles. The molecule has 406 valence electrons. The summed E-state index contributed by atoms with van der Waals surface area (Å²) in [5, 5.41) is 48.3. The molecule has 1 fully saturated rings. The predicted molar refractivity (Wildman–Crippen MR) is 267 cm³/mol. The molecule has 0 unspecified atom stereocenters. The van der Waals surface area contributed by atoms with Crippen LogP contribution in [0, 0.1) is 17.8 Å². The second-order valence-electron chi connectivity index (χ2n) is 19.1. The molecule has 0 aromatic heterocycles. The lowest BCUT2D eigenvalue weighted by molar-refractivity contribution is -0.160. The number of esters is 2. The summed E-state index contributed by atoms with van der Waals surface area (Å²) in [6.07, 6.45) is -3.61. The Balaban J connectivity index is 2.03. The van der Waals surface area contributed by atoms with Crippen LogP contribution in [0.2, 0.25) is 0 Å². The van der Waals surface area contributed by atoms with Crippen molar-refractivity contribution in [3.63, 3.8) is 0 Å². The molecule has 0 radical (unpaired) electrons. The largest absolute Gasteiger partial charge is 0.487 e. The maximum atomic E-state index is 15.2. The van der Waals surface area contributed by atoms with Crippen LogP contribution in [-0.2, 0) is 59.0 Å². The third-order valence-electron chi connectivity index (χ3n) is 13.1. The zero-order chi connectivity index (χ0) is 55.2. The fourth-order valence-electron chi connectivity index (χ4n) is 7.90. The molecule has 13 atom stereocenters. The van der Waals surface area contributed by atoms with Crippen molar-refractivity contribution >= 4 is 64.9 Å². The Hall–Kier alpha value is -6.62. The van der Waals surface area contributed by atoms with Gasteiger partial charge in [0.1, 0.15) is 66.9 Å². The van der Waals surface area contributed by atoms with Crippen molar-refractivity contribution in [3.8, 4) is 5.75 Å². The van der Waals surface area contributed by atoms with Gasteiger partial charge in [0.05, 0.1) is 24.0 Å². The molecule has 9 N–H and O–H groups in total. The molecular weight excluding hydrogens is 986 g/mol. The molecule has 74 heavy (non-hydrogen) atoms. The van der Waals surface area contributed by atoms with Gasteiger partial charge in [-0.1, -0.05) is 83.5 Å². The normalized spacial score (nSPS) is 28.5. The zero-order valence-corrected chi connectivity index (χ0v) is 43.7. The third-order valence-corrected chi connectivity index (χ3v) is 13.6. The van der Waals surface area contributed by atoms with E-state index in [0.717, 1.165) is 24.0 Å². The van der Waals surface area contributed by atoms with E-state index in [1.807, 2.05) is 0 Å². The van der Waals surface area contributed by atoms with E-state index in [0.29, 0.717) is 5.56 Å². The fourth-order valence-corrected chi connectivity index (χ4v) is 8.20. The maximum absolute atomic E-state index is 15.2. The SMILES string of the molecule is CC[C@@H](C)[C@@H]1NC(=O)[C@H](NC(=O)[C@@H](C)[C@@H](O)C(C)C)[C@H](C)OC(=O)[C@H]2COC(=O)CNC(=O)/C=C\[C@@](O)(CCl)[C@H](C)Oc3ccc(cc3)[C@@H](NC1=O)C(=O)N(C)[C@H](Cc1ccccc1)C(=O)N[C@@H]([C@H](C)O)C(=O)N2. The summed E-state index contributed by atoms with van der Waals surface area (Å²) in [5.74, 6) is -11.8. The third kappa shape index (κ3) is 15.9. The van der Waals surface area contributed by atoms with Crippen molar-refractivity contribution in [2.24, 2.45) is 17.8 Å². The number of carbonyl (C=O) groups excluding carboxylic acids is 9. The lowest BCUT2D eigenvalue weighted by Crippen LogP contribution is -2.61. The molecule has 5 rings (SSSR count). The number of carbonyl (C=O) groups is 9. The van der Waals surface area contributed by atoms with Crippen LogP contribution in [0.3, 0.4) is 0 Å². The highest BCUT2D eigenvalue weighted by Crippen LogP contribution is 2.26. The number of ether oxygens (including phenoxy) is 3. The molecule has 3 aliphatic rings. The van der Waals surface area contributed by atoms with Crippen LogP contribution in [0.4, 0.5) is 0 Å². The van der Waals surface area contributed by atoms with Gasteiger partial charge in [-0.25, -0.2) is 4.79 Å². The van der Waals surface area contributed by atoms with Crippen molar-refractivity contribution in [1.29, 1.82) is 0 Å². The maximum Gasteiger partial charge on any atom is 0.332 e. The van der Waals surface area contributed by atoms with Crippen LogP contribution in [0.5, 0.6) is 5.75 Å². The van der Waals surface area contributed by atoms with E-state index in [-0.39, 0.29) is 24.2 Å². The average molecular weight is 1060 g/mol. The molecule has 1 saturated heterocycles. The van der Waals surface area contributed by atoms with Crippen molar-refractivity contribution in [2.45, 2.75) is 134 Å². The Morgan fingerprint density at radius 1 is 0.838 bits per heavy atom. The molecule has 7 amide bonds. The van der Waals surface area contributed by atoms with E-state index >= 15 is 4.79 Å². The number of likely N-dealkylation sites (N-methyl/N-ethyl adjacent to an activating group) is 1. The van der Waals surface area contributed by atoms with E-state index in [9.17, 15) is 53.7 Å². The van der Waals surface area contributed by atoms with E-state index in [2.05, 4.69) is 31.9 Å². The van der Waals surface area contributed by atoms with Gasteiger partial charge < -0.3 is 66.3 Å². The Bertz CT molecular complexity index is 2360. The molecule has 3 heterocycles. The molecule has 23 heteroatoms. The summed E-state index contributed by atoms with van der Waals surface area (Å²) in [5.41, 5.74) is -1.28. The van der Waals surface area contributed by atoms with Gasteiger partial charge in [-0.15, -0.1) is 11.6 Å². The number of fused-ring (bicyclic) bond motifs is 11. The topological polar surface area (TPSA) is 317 Å². The van der Waals surface area contributed by atoms with E-state index in [4.69, 9.17) is 25.8 Å². The Morgan fingerprint density at radius 3 is 2.05 bits per heavy atom. The second kappa shape index (κ2) is 27.1. The molecule has 2 aromatic rings. The summed E-state index contributed by atoms with van der Waals surface area (Å²) >= 11 is 6.17. The summed E-state index contributed by atoms with van der Waals surface area (Å²) in [6.45, 7) is 10.2. The highest BCUT2D eigenvalue weighted by Gasteiger charge is 2.42. The van der Waals surface area contributed by atoms with Crippen LogP contribution in [0.1, 0.15) is 79.0 Å². The number of hydrogen-bond donors (Lipinski definition) is 9. The first kappa shape index (κ1) is 59.9. The number of cyclic esters (lactones) is 1. The van der Waals surface area contributed by atoms with Crippen LogP contribution < -0.4 is 36.6 Å². The number of rotatable bonds is 10. The van der Waals surface area contributed by atoms with Gasteiger partial charge in [0.15, 0.2) is 6.04 Å². The summed E-state index contributed by atoms with van der Waals surface area (Å²) in [7, 11) is 1.29. The highest BCUT2D eigenvalue weighted by molar-refractivity contribution is 6.18. The standard InChI is InChI=1S/C51H70ClN7O15/c1-10-27(4)39-46(66)58-42-33-16-18-34(19-17-33)74-31(8)51(71,25-52)21-20-37(61)53-23-38(62)72-24-35(50(70)73-30(7)41(48(68)55-39)57-44(64)28(5)43(63)26(2)3)54-47(67)40(29(6)60)56-45(65)36(59(9)49(42)69)22-32-14-12-11-13-15-32/h11-21,26-31,35-36,39-43,60,63,71H,10,22-25H2,1-9H3,(H,53,61)(H,54,67)(H,55,68)(H,56,65)(H,57,64)(H,58,66)/b21-20-/t27-,28+,29+,30+,31+,35-,36-,39+,40+,41-,42-,43+,51-/m1/s1. The Morgan fingerprint density at radius 2 is 1.46 bits per heavy atom. The van der Waals surface area contributed by atoms with Gasteiger partial charge in [-0.05, 0) is 61.9 Å². The molecular formula is C51H70ClN7O15. The first-order chi connectivity index (χ1) is 34.8. The van der Waals surface area contributed by atoms with Gasteiger partial charge in [0, 0.05) is 19.5 Å². The number of nitrogens with one attached hydrogen (secondary N) is 6. The van der Waals surface area contributed by atoms with Crippen molar-refractivity contribution in [3.05, 3.63) is 77.9 Å². The molecule has 22 nitrogen and oxygen atoms in total. The molecule has 4 bridgehead atoms. The fraction of sp³-hybridized carbons (Fsp3) is 0.549. The minimum atomic E-state index is -1.98. The Kier molecular flexibility index (Phi) is 21.9. The molecule has 2 aromatic carbocycles. The quantitative estimate of drug-likeness (QED) is 0.110. The summed E-state index contributed by atoms with van der Waals surface area (Å²) in [6, 6.07) is 4.00.